The number of aryl methyl sites for hydroxylation is 1. The molecule has 188 valence electrons. The molecule has 2 aromatic rings. The van der Waals surface area contributed by atoms with Crippen LogP contribution in [0, 0.1) is 18.2 Å². The first kappa shape index (κ1) is 26.2. The van der Waals surface area contributed by atoms with E-state index in [0.717, 1.165) is 49.8 Å². The maximum absolute atomic E-state index is 14.1. The predicted molar refractivity (Wildman–Crippen MR) is 134 cm³/mol. The molecule has 3 rings (SSSR count). The SMILES string of the molecule is CCN1CCN(c2c(CN(CCOC)C(=O)CC(C)(C)C)c(C)nn2-c2cccc(F)c2)CC1. The highest BCUT2D eigenvalue weighted by molar-refractivity contribution is 5.77. The average Bonchev–Trinajstić information content (AvgIpc) is 3.11. The molecule has 0 atom stereocenters. The molecule has 0 aliphatic carbocycles. The molecular formula is C26H40FN5O2. The summed E-state index contributed by atoms with van der Waals surface area (Å²) in [6, 6.07) is 6.53. The first-order valence-corrected chi connectivity index (χ1v) is 12.2. The molecule has 2 heterocycles. The van der Waals surface area contributed by atoms with Gasteiger partial charge < -0.3 is 19.4 Å². The van der Waals surface area contributed by atoms with Crippen molar-refractivity contribution in [2.24, 2.45) is 5.41 Å². The van der Waals surface area contributed by atoms with Crippen molar-refractivity contribution in [2.75, 3.05) is 57.9 Å². The van der Waals surface area contributed by atoms with Crippen molar-refractivity contribution in [1.82, 2.24) is 19.6 Å². The summed E-state index contributed by atoms with van der Waals surface area (Å²) in [4.78, 5) is 19.9. The molecule has 8 heteroatoms. The summed E-state index contributed by atoms with van der Waals surface area (Å²) >= 11 is 0. The second kappa shape index (κ2) is 11.3. The van der Waals surface area contributed by atoms with Gasteiger partial charge in [-0.3, -0.25) is 4.79 Å². The molecule has 0 bridgehead atoms. The van der Waals surface area contributed by atoms with Crippen molar-refractivity contribution in [3.05, 3.63) is 41.3 Å². The monoisotopic (exact) mass is 473 g/mol. The summed E-state index contributed by atoms with van der Waals surface area (Å²) in [6.07, 6.45) is 0.457. The Bertz CT molecular complexity index is 961. The van der Waals surface area contributed by atoms with Gasteiger partial charge in [0.1, 0.15) is 11.6 Å². The number of rotatable bonds is 9. The van der Waals surface area contributed by atoms with Crippen molar-refractivity contribution < 1.29 is 13.9 Å². The Morgan fingerprint density at radius 2 is 1.91 bits per heavy atom. The zero-order chi connectivity index (χ0) is 24.9. The van der Waals surface area contributed by atoms with Crippen molar-refractivity contribution >= 4 is 11.7 Å². The number of carbonyl (C=O) groups is 1. The van der Waals surface area contributed by atoms with E-state index in [1.165, 1.54) is 12.1 Å². The highest BCUT2D eigenvalue weighted by Crippen LogP contribution is 2.31. The lowest BCUT2D eigenvalue weighted by atomic mass is 9.91. The number of aromatic nitrogens is 2. The van der Waals surface area contributed by atoms with Gasteiger partial charge in [-0.25, -0.2) is 9.07 Å². The molecule has 1 aliphatic rings. The maximum Gasteiger partial charge on any atom is 0.223 e. The molecular weight excluding hydrogens is 433 g/mol. The van der Waals surface area contributed by atoms with Crippen molar-refractivity contribution in [3.8, 4) is 5.69 Å². The van der Waals surface area contributed by atoms with Crippen LogP contribution in [0.1, 0.15) is 45.4 Å². The first-order valence-electron chi connectivity index (χ1n) is 12.2. The van der Waals surface area contributed by atoms with Crippen molar-refractivity contribution in [3.63, 3.8) is 0 Å². The maximum atomic E-state index is 14.1. The number of benzene rings is 1. The molecule has 0 spiro atoms. The number of ether oxygens (including phenoxy) is 1. The molecule has 0 radical (unpaired) electrons. The second-order valence-electron chi connectivity index (χ2n) is 10.2. The van der Waals surface area contributed by atoms with Gasteiger partial charge in [-0.1, -0.05) is 33.8 Å². The Morgan fingerprint density at radius 3 is 2.50 bits per heavy atom. The lowest BCUT2D eigenvalue weighted by molar-refractivity contribution is -0.134. The van der Waals surface area contributed by atoms with E-state index in [0.29, 0.717) is 31.8 Å². The highest BCUT2D eigenvalue weighted by Gasteiger charge is 2.28. The fourth-order valence-electron chi connectivity index (χ4n) is 4.37. The van der Waals surface area contributed by atoms with E-state index >= 15 is 0 Å². The van der Waals surface area contributed by atoms with Crippen LogP contribution in [0.15, 0.2) is 24.3 Å². The van der Waals surface area contributed by atoms with Crippen LogP contribution < -0.4 is 4.90 Å². The number of likely N-dealkylation sites (N-methyl/N-ethyl adjacent to an activating group) is 1. The number of hydrogen-bond acceptors (Lipinski definition) is 5. The molecule has 0 unspecified atom stereocenters. The molecule has 1 fully saturated rings. The van der Waals surface area contributed by atoms with Gasteiger partial charge in [0.2, 0.25) is 5.91 Å². The average molecular weight is 474 g/mol. The molecule has 1 amide bonds. The third-order valence-corrected chi connectivity index (χ3v) is 6.28. The van der Waals surface area contributed by atoms with Crippen LogP contribution in [0.4, 0.5) is 10.2 Å². The van der Waals surface area contributed by atoms with Crippen LogP contribution >= 0.6 is 0 Å². The van der Waals surface area contributed by atoms with Crippen molar-refractivity contribution in [1.29, 1.82) is 0 Å². The minimum absolute atomic E-state index is 0.101. The molecule has 0 N–H and O–H groups in total. The molecule has 7 nitrogen and oxygen atoms in total. The minimum atomic E-state index is -0.295. The van der Waals surface area contributed by atoms with Gasteiger partial charge in [-0.05, 0) is 37.1 Å². The van der Waals surface area contributed by atoms with Gasteiger partial charge >= 0.3 is 0 Å². The standard InChI is InChI=1S/C26H40FN5O2/c1-7-29-11-13-30(14-12-29)25-23(19-31(15-16-34-6)24(33)18-26(3,4)5)20(2)28-32(25)22-10-8-9-21(27)17-22/h8-10,17H,7,11-16,18-19H2,1-6H3. The van der Waals surface area contributed by atoms with E-state index < -0.39 is 0 Å². The van der Waals surface area contributed by atoms with Crippen LogP contribution in [-0.2, 0) is 16.1 Å². The summed E-state index contributed by atoms with van der Waals surface area (Å²) < 4.78 is 21.3. The van der Waals surface area contributed by atoms with Gasteiger partial charge in [0.25, 0.3) is 0 Å². The van der Waals surface area contributed by atoms with Crippen LogP contribution in [0.3, 0.4) is 0 Å². The molecule has 1 aromatic heterocycles. The summed E-state index contributed by atoms with van der Waals surface area (Å²) in [5, 5.41) is 4.83. The fraction of sp³-hybridized carbons (Fsp3) is 0.615. The predicted octanol–water partition coefficient (Wildman–Crippen LogP) is 3.87. The topological polar surface area (TPSA) is 53.8 Å². The largest absolute Gasteiger partial charge is 0.383 e. The number of carbonyl (C=O) groups excluding carboxylic acids is 1. The Morgan fingerprint density at radius 1 is 1.21 bits per heavy atom. The number of piperazine rings is 1. The number of methoxy groups -OCH3 is 1. The third-order valence-electron chi connectivity index (χ3n) is 6.28. The van der Waals surface area contributed by atoms with E-state index in [1.54, 1.807) is 13.2 Å². The lowest BCUT2D eigenvalue weighted by Gasteiger charge is -2.36. The molecule has 1 aromatic carbocycles. The Hall–Kier alpha value is -2.45. The van der Waals surface area contributed by atoms with E-state index in [1.807, 2.05) is 22.6 Å². The quantitative estimate of drug-likeness (QED) is 0.553. The third kappa shape index (κ3) is 6.57. The molecule has 1 aliphatic heterocycles. The van der Waals surface area contributed by atoms with E-state index in [9.17, 15) is 9.18 Å². The van der Waals surface area contributed by atoms with Crippen molar-refractivity contribution in [2.45, 2.75) is 47.6 Å². The Balaban J connectivity index is 2.01. The summed E-state index contributed by atoms with van der Waals surface area (Å²) in [7, 11) is 1.65. The molecule has 1 saturated heterocycles. The van der Waals surface area contributed by atoms with E-state index in [2.05, 4.69) is 37.5 Å². The van der Waals surface area contributed by atoms with Gasteiger partial charge in [0, 0.05) is 51.8 Å². The second-order valence-corrected chi connectivity index (χ2v) is 10.2. The fourth-order valence-corrected chi connectivity index (χ4v) is 4.37. The van der Waals surface area contributed by atoms with Gasteiger partial charge in [-0.2, -0.15) is 5.10 Å². The number of nitrogens with zero attached hydrogens (tertiary/aromatic N) is 5. The van der Waals surface area contributed by atoms with Gasteiger partial charge in [0.05, 0.1) is 24.5 Å². The number of anilines is 1. The van der Waals surface area contributed by atoms with Crippen LogP contribution in [0.5, 0.6) is 0 Å². The Kier molecular flexibility index (Phi) is 8.71. The zero-order valence-electron chi connectivity index (χ0n) is 21.6. The zero-order valence-corrected chi connectivity index (χ0v) is 21.6. The Labute approximate surface area is 203 Å². The summed E-state index contributed by atoms with van der Waals surface area (Å²) in [6.45, 7) is 16.5. The lowest BCUT2D eigenvalue weighted by Crippen LogP contribution is -2.47. The van der Waals surface area contributed by atoms with Crippen LogP contribution in [0.25, 0.3) is 5.69 Å². The van der Waals surface area contributed by atoms with Gasteiger partial charge in [0.15, 0.2) is 0 Å². The summed E-state index contributed by atoms with van der Waals surface area (Å²) in [5.41, 5.74) is 2.44. The number of hydrogen-bond donors (Lipinski definition) is 0. The minimum Gasteiger partial charge on any atom is -0.383 e. The molecule has 0 saturated carbocycles. The van der Waals surface area contributed by atoms with E-state index in [-0.39, 0.29) is 17.1 Å². The normalized spacial score (nSPS) is 15.1. The first-order chi connectivity index (χ1) is 16.1. The van der Waals surface area contributed by atoms with Gasteiger partial charge in [-0.15, -0.1) is 0 Å². The number of halogens is 1. The van der Waals surface area contributed by atoms with E-state index in [4.69, 9.17) is 9.84 Å². The van der Waals surface area contributed by atoms with Crippen LogP contribution in [0.2, 0.25) is 0 Å². The smallest absolute Gasteiger partial charge is 0.223 e. The highest BCUT2D eigenvalue weighted by atomic mass is 19.1. The number of amides is 1. The molecule has 34 heavy (non-hydrogen) atoms. The summed E-state index contributed by atoms with van der Waals surface area (Å²) in [5.74, 6) is 0.755. The van der Waals surface area contributed by atoms with Crippen LogP contribution in [-0.4, -0.2) is 78.5 Å².